The Bertz CT molecular complexity index is 368. The van der Waals surface area contributed by atoms with E-state index in [4.69, 9.17) is 16.3 Å². The standard InChI is InChI=1S/C12H15BrClNO/c1-3-15-7-10-6-11(13)4-5-12(10)16-8-9(2)14/h4-6,15H,2-3,7-8H2,1H3. The van der Waals surface area contributed by atoms with Crippen LogP contribution in [0.3, 0.4) is 0 Å². The van der Waals surface area contributed by atoms with E-state index >= 15 is 0 Å². The number of hydrogen-bond acceptors (Lipinski definition) is 2. The number of halogens is 2. The van der Waals surface area contributed by atoms with Crippen LogP contribution in [-0.4, -0.2) is 13.2 Å². The smallest absolute Gasteiger partial charge is 0.124 e. The van der Waals surface area contributed by atoms with Gasteiger partial charge in [0, 0.05) is 21.6 Å². The normalized spacial score (nSPS) is 10.2. The zero-order valence-corrected chi connectivity index (χ0v) is 11.6. The Morgan fingerprint density at radius 1 is 1.56 bits per heavy atom. The molecule has 1 rings (SSSR count). The Labute approximate surface area is 110 Å². The predicted molar refractivity (Wildman–Crippen MR) is 72.0 cm³/mol. The molecular weight excluding hydrogens is 289 g/mol. The summed E-state index contributed by atoms with van der Waals surface area (Å²) in [6, 6.07) is 5.91. The van der Waals surface area contributed by atoms with Gasteiger partial charge in [0.15, 0.2) is 0 Å². The lowest BCUT2D eigenvalue weighted by atomic mass is 10.2. The lowest BCUT2D eigenvalue weighted by molar-refractivity contribution is 0.354. The van der Waals surface area contributed by atoms with Gasteiger partial charge in [-0.2, -0.15) is 0 Å². The first-order valence-electron chi connectivity index (χ1n) is 5.08. The highest BCUT2D eigenvalue weighted by Gasteiger charge is 2.04. The maximum absolute atomic E-state index is 5.67. The molecule has 0 saturated carbocycles. The summed E-state index contributed by atoms with van der Waals surface area (Å²) in [5.41, 5.74) is 1.11. The molecular formula is C12H15BrClNO. The molecule has 0 fully saturated rings. The molecule has 0 aliphatic heterocycles. The number of ether oxygens (including phenoxy) is 1. The summed E-state index contributed by atoms with van der Waals surface area (Å²) >= 11 is 9.11. The largest absolute Gasteiger partial charge is 0.488 e. The molecule has 4 heteroatoms. The Kier molecular flexibility index (Phi) is 5.88. The van der Waals surface area contributed by atoms with Crippen LogP contribution in [0.25, 0.3) is 0 Å². The third kappa shape index (κ3) is 4.56. The summed E-state index contributed by atoms with van der Waals surface area (Å²) in [5, 5.41) is 3.76. The van der Waals surface area contributed by atoms with Crippen LogP contribution in [0.15, 0.2) is 34.3 Å². The SMILES string of the molecule is C=C(Cl)COc1ccc(Br)cc1CNCC. The topological polar surface area (TPSA) is 21.3 Å². The van der Waals surface area contributed by atoms with Crippen LogP contribution < -0.4 is 10.1 Å². The summed E-state index contributed by atoms with van der Waals surface area (Å²) in [5.74, 6) is 0.839. The monoisotopic (exact) mass is 303 g/mol. The van der Waals surface area contributed by atoms with Gasteiger partial charge in [-0.05, 0) is 24.7 Å². The van der Waals surface area contributed by atoms with Crippen molar-refractivity contribution in [1.82, 2.24) is 5.32 Å². The highest BCUT2D eigenvalue weighted by Crippen LogP contribution is 2.23. The van der Waals surface area contributed by atoms with Crippen molar-refractivity contribution in [2.45, 2.75) is 13.5 Å². The fraction of sp³-hybridized carbons (Fsp3) is 0.333. The van der Waals surface area contributed by atoms with Crippen molar-refractivity contribution in [3.63, 3.8) is 0 Å². The summed E-state index contributed by atoms with van der Waals surface area (Å²) in [6.45, 7) is 7.70. The Morgan fingerprint density at radius 2 is 2.31 bits per heavy atom. The summed E-state index contributed by atoms with van der Waals surface area (Å²) in [4.78, 5) is 0. The van der Waals surface area contributed by atoms with Gasteiger partial charge in [-0.25, -0.2) is 0 Å². The van der Waals surface area contributed by atoms with Crippen molar-refractivity contribution in [3.8, 4) is 5.75 Å². The van der Waals surface area contributed by atoms with Crippen molar-refractivity contribution in [2.24, 2.45) is 0 Å². The van der Waals surface area contributed by atoms with Gasteiger partial charge in [0.1, 0.15) is 12.4 Å². The third-order valence-electron chi connectivity index (χ3n) is 1.97. The maximum atomic E-state index is 5.67. The van der Waals surface area contributed by atoms with E-state index in [1.54, 1.807) is 0 Å². The highest BCUT2D eigenvalue weighted by molar-refractivity contribution is 9.10. The molecule has 0 radical (unpaired) electrons. The van der Waals surface area contributed by atoms with Gasteiger partial charge in [-0.3, -0.25) is 0 Å². The number of nitrogens with one attached hydrogen (secondary N) is 1. The first-order chi connectivity index (χ1) is 7.63. The number of benzene rings is 1. The van der Waals surface area contributed by atoms with E-state index in [2.05, 4.69) is 34.7 Å². The van der Waals surface area contributed by atoms with Crippen molar-refractivity contribution in [2.75, 3.05) is 13.2 Å². The summed E-state index contributed by atoms with van der Waals surface area (Å²) in [6.07, 6.45) is 0. The Balaban J connectivity index is 2.76. The van der Waals surface area contributed by atoms with Gasteiger partial charge in [0.2, 0.25) is 0 Å². The van der Waals surface area contributed by atoms with E-state index in [1.165, 1.54) is 0 Å². The zero-order chi connectivity index (χ0) is 12.0. The molecule has 0 aliphatic rings. The molecule has 88 valence electrons. The van der Waals surface area contributed by atoms with Gasteiger partial charge in [-0.1, -0.05) is 41.0 Å². The second-order valence-corrected chi connectivity index (χ2v) is 4.79. The molecule has 2 nitrogen and oxygen atoms in total. The van der Waals surface area contributed by atoms with Crippen LogP contribution in [0, 0.1) is 0 Å². The van der Waals surface area contributed by atoms with Crippen LogP contribution in [0.5, 0.6) is 5.75 Å². The molecule has 0 aromatic heterocycles. The number of rotatable bonds is 6. The molecule has 1 aromatic carbocycles. The maximum Gasteiger partial charge on any atom is 0.124 e. The average molecular weight is 305 g/mol. The molecule has 1 N–H and O–H groups in total. The molecule has 0 unspecified atom stereocenters. The molecule has 0 atom stereocenters. The van der Waals surface area contributed by atoms with Gasteiger partial charge >= 0.3 is 0 Å². The lowest BCUT2D eigenvalue weighted by Crippen LogP contribution is -2.13. The minimum Gasteiger partial charge on any atom is -0.488 e. The van der Waals surface area contributed by atoms with Gasteiger partial charge in [0.05, 0.1) is 0 Å². The Morgan fingerprint density at radius 3 is 2.94 bits per heavy atom. The van der Waals surface area contributed by atoms with Crippen molar-refractivity contribution in [1.29, 1.82) is 0 Å². The van der Waals surface area contributed by atoms with E-state index in [-0.39, 0.29) is 0 Å². The molecule has 0 saturated heterocycles. The van der Waals surface area contributed by atoms with E-state index < -0.39 is 0 Å². The first kappa shape index (κ1) is 13.6. The fourth-order valence-electron chi connectivity index (χ4n) is 1.24. The van der Waals surface area contributed by atoms with E-state index in [1.807, 2.05) is 18.2 Å². The molecule has 0 spiro atoms. The average Bonchev–Trinajstić information content (AvgIpc) is 2.24. The van der Waals surface area contributed by atoms with Gasteiger partial charge in [-0.15, -0.1) is 0 Å². The minimum absolute atomic E-state index is 0.336. The lowest BCUT2D eigenvalue weighted by Gasteiger charge is -2.11. The van der Waals surface area contributed by atoms with Crippen molar-refractivity contribution in [3.05, 3.63) is 39.8 Å². The molecule has 0 heterocycles. The van der Waals surface area contributed by atoms with Gasteiger partial charge < -0.3 is 10.1 Å². The van der Waals surface area contributed by atoms with Crippen LogP contribution >= 0.6 is 27.5 Å². The zero-order valence-electron chi connectivity index (χ0n) is 9.22. The molecule has 0 bridgehead atoms. The van der Waals surface area contributed by atoms with E-state index in [0.717, 1.165) is 28.9 Å². The summed E-state index contributed by atoms with van der Waals surface area (Å²) < 4.78 is 6.60. The second kappa shape index (κ2) is 6.94. The van der Waals surface area contributed by atoms with Crippen molar-refractivity contribution >= 4 is 27.5 Å². The molecule has 0 aliphatic carbocycles. The van der Waals surface area contributed by atoms with Crippen LogP contribution in [0.2, 0.25) is 0 Å². The highest BCUT2D eigenvalue weighted by atomic mass is 79.9. The summed E-state index contributed by atoms with van der Waals surface area (Å²) in [7, 11) is 0. The van der Waals surface area contributed by atoms with Crippen molar-refractivity contribution < 1.29 is 4.74 Å². The quantitative estimate of drug-likeness (QED) is 0.865. The molecule has 0 amide bonds. The molecule has 16 heavy (non-hydrogen) atoms. The number of hydrogen-bond donors (Lipinski definition) is 1. The van der Waals surface area contributed by atoms with E-state index in [0.29, 0.717) is 11.6 Å². The Hall–Kier alpha value is -0.510. The van der Waals surface area contributed by atoms with Crippen LogP contribution in [-0.2, 0) is 6.54 Å². The minimum atomic E-state index is 0.336. The first-order valence-corrected chi connectivity index (χ1v) is 6.25. The third-order valence-corrected chi connectivity index (χ3v) is 2.57. The van der Waals surface area contributed by atoms with Gasteiger partial charge in [0.25, 0.3) is 0 Å². The van der Waals surface area contributed by atoms with Crippen LogP contribution in [0.1, 0.15) is 12.5 Å². The van der Waals surface area contributed by atoms with E-state index in [9.17, 15) is 0 Å². The molecule has 1 aromatic rings. The second-order valence-electron chi connectivity index (χ2n) is 3.34. The van der Waals surface area contributed by atoms with Crippen LogP contribution in [0.4, 0.5) is 0 Å². The fourth-order valence-corrected chi connectivity index (χ4v) is 1.71. The predicted octanol–water partition coefficient (Wildman–Crippen LogP) is 3.69.